The molecule has 4 N–H and O–H groups in total. The van der Waals surface area contributed by atoms with Crippen molar-refractivity contribution in [2.75, 3.05) is 37.6 Å². The molecule has 0 spiro atoms. The first-order valence-corrected chi connectivity index (χ1v) is 25.0. The summed E-state index contributed by atoms with van der Waals surface area (Å²) in [5, 5.41) is 25.5. The third kappa shape index (κ3) is 9.47. The van der Waals surface area contributed by atoms with E-state index >= 15 is 0 Å². The van der Waals surface area contributed by atoms with E-state index in [4.69, 9.17) is 8.84 Å². The Kier molecular flexibility index (Phi) is 12.7. The number of hydrogen-bond donors (Lipinski definition) is 4. The molecule has 3 aliphatic rings. The minimum absolute atomic E-state index is 0.0157. The molecule has 6 aromatic rings. The minimum Gasteiger partial charge on any atom is -0.506 e. The fraction of sp³-hybridized carbons (Fsp3) is 0.380. The average molecular weight is 870 g/mol. The maximum Gasteiger partial charge on any atom is 0.419 e. The standard InChI is InChI=1S/C50H59N5O7Si/c1-50(2,3)63(4,5)62-45(38-17-20-43(56)47-39(38)18-21-46(57)52-47)31-51-25-22-34-15-19-40-44(30-34)61-49(60)54(40)26-10-9-11-33-14-16-37(35-12-7-6-8-13-35)41(29-33)55(48(58)59)42-32-53-27-23-36(42)24-28-53/h6-9,11-21,29-30,36,42,45,51,56H,10,22-28,31-32H2,1-5H3,(H,52,57)(H,58,59)/b11-9+/t42-,45+/m0/s1. The number of fused-ring (bicyclic) bond motifs is 5. The van der Waals surface area contributed by atoms with Gasteiger partial charge in [0.2, 0.25) is 5.56 Å². The van der Waals surface area contributed by atoms with Crippen LogP contribution in [0.2, 0.25) is 18.1 Å². The Hall–Kier alpha value is -5.73. The molecule has 2 atom stereocenters. The monoisotopic (exact) mass is 869 g/mol. The lowest BCUT2D eigenvalue weighted by Gasteiger charge is -2.48. The van der Waals surface area contributed by atoms with Crippen molar-refractivity contribution in [3.8, 4) is 16.9 Å². The molecule has 0 saturated carbocycles. The summed E-state index contributed by atoms with van der Waals surface area (Å²) in [7, 11) is -2.23. The van der Waals surface area contributed by atoms with E-state index in [1.165, 1.54) is 6.07 Å². The SMILES string of the molecule is CC(C)(C)[Si](C)(C)O[C@H](CNCCc1ccc2c(c1)oc(=O)n2CC/C=C/c1ccc(-c2ccccc2)c(N(C(=O)O)[C@H]2CN3CCC2CC3)c1)c1ccc(O)c2[nH]c(=O)ccc12. The first-order chi connectivity index (χ1) is 30.2. The molecule has 13 heteroatoms. The average Bonchev–Trinajstić information content (AvgIpc) is 3.57. The first kappa shape index (κ1) is 43.9. The van der Waals surface area contributed by atoms with Gasteiger partial charge < -0.3 is 34.3 Å². The molecule has 4 aromatic carbocycles. The van der Waals surface area contributed by atoms with Crippen LogP contribution in [0.4, 0.5) is 10.5 Å². The number of carboxylic acid groups (broad SMARTS) is 1. The highest BCUT2D eigenvalue weighted by molar-refractivity contribution is 6.74. The van der Waals surface area contributed by atoms with E-state index in [2.05, 4.69) is 49.1 Å². The quantitative estimate of drug-likeness (QED) is 0.0584. The summed E-state index contributed by atoms with van der Waals surface area (Å²) in [6.45, 7) is 15.4. The molecule has 2 bridgehead atoms. The molecule has 63 heavy (non-hydrogen) atoms. The summed E-state index contributed by atoms with van der Waals surface area (Å²) in [6, 6.07) is 28.5. The van der Waals surface area contributed by atoms with Crippen molar-refractivity contribution in [3.05, 3.63) is 135 Å². The Morgan fingerprint density at radius 1 is 1.02 bits per heavy atom. The predicted octanol–water partition coefficient (Wildman–Crippen LogP) is 9.39. The van der Waals surface area contributed by atoms with Crippen LogP contribution in [0.3, 0.4) is 0 Å². The maximum atomic E-state index is 13.1. The smallest absolute Gasteiger partial charge is 0.419 e. The van der Waals surface area contributed by atoms with Gasteiger partial charge in [-0.3, -0.25) is 14.3 Å². The number of nitrogens with zero attached hydrogens (tertiary/aromatic N) is 3. The van der Waals surface area contributed by atoms with Gasteiger partial charge >= 0.3 is 11.8 Å². The van der Waals surface area contributed by atoms with Gasteiger partial charge in [-0.1, -0.05) is 87.5 Å². The molecule has 12 nitrogen and oxygen atoms in total. The van der Waals surface area contributed by atoms with Gasteiger partial charge in [-0.2, -0.15) is 0 Å². The zero-order valence-electron chi connectivity index (χ0n) is 36.9. The predicted molar refractivity (Wildman–Crippen MR) is 253 cm³/mol. The van der Waals surface area contributed by atoms with Crippen LogP contribution in [0.5, 0.6) is 5.75 Å². The Labute approximate surface area is 368 Å². The van der Waals surface area contributed by atoms with E-state index in [1.54, 1.807) is 21.6 Å². The van der Waals surface area contributed by atoms with E-state index in [1.807, 2.05) is 84.9 Å². The van der Waals surface area contributed by atoms with Crippen LogP contribution in [0.25, 0.3) is 39.2 Å². The number of aromatic amines is 1. The molecule has 330 valence electrons. The van der Waals surface area contributed by atoms with Crippen molar-refractivity contribution in [1.82, 2.24) is 19.8 Å². The van der Waals surface area contributed by atoms with Crippen LogP contribution < -0.4 is 21.5 Å². The highest BCUT2D eigenvalue weighted by Gasteiger charge is 2.41. The van der Waals surface area contributed by atoms with Gasteiger partial charge in [-0.15, -0.1) is 0 Å². The molecule has 2 aromatic heterocycles. The number of aryl methyl sites for hydroxylation is 1. The molecular formula is C50H59N5O7Si. The fourth-order valence-corrected chi connectivity index (χ4v) is 10.3. The minimum atomic E-state index is -2.23. The molecule has 9 rings (SSSR count). The lowest BCUT2D eigenvalue weighted by molar-refractivity contribution is 0.0838. The lowest BCUT2D eigenvalue weighted by Crippen LogP contribution is -2.59. The number of carbonyl (C=O) groups is 1. The van der Waals surface area contributed by atoms with Gasteiger partial charge in [0.05, 0.1) is 28.9 Å². The van der Waals surface area contributed by atoms with Crippen molar-refractivity contribution in [1.29, 1.82) is 0 Å². The van der Waals surface area contributed by atoms with E-state index in [-0.39, 0.29) is 28.5 Å². The molecule has 5 heterocycles. The second-order valence-corrected chi connectivity index (χ2v) is 23.4. The number of amides is 1. The second kappa shape index (κ2) is 18.2. The number of phenolic OH excluding ortho intramolecular Hbond substituents is 1. The van der Waals surface area contributed by atoms with Crippen LogP contribution in [-0.2, 0) is 17.4 Å². The molecule has 1 amide bonds. The summed E-state index contributed by atoms with van der Waals surface area (Å²) in [5.74, 6) is -0.0580. The molecule has 0 aliphatic carbocycles. The number of anilines is 1. The van der Waals surface area contributed by atoms with E-state index in [0.717, 1.165) is 71.2 Å². The normalized spacial score (nSPS) is 18.4. The summed E-state index contributed by atoms with van der Waals surface area (Å²) in [5.41, 5.74) is 6.75. The maximum absolute atomic E-state index is 13.1. The number of phenols is 1. The zero-order valence-corrected chi connectivity index (χ0v) is 37.9. The van der Waals surface area contributed by atoms with Crippen LogP contribution in [0.15, 0.2) is 111 Å². The Balaban J connectivity index is 0.938. The van der Waals surface area contributed by atoms with Crippen LogP contribution in [0.1, 0.15) is 62.8 Å². The molecule has 0 radical (unpaired) electrons. The summed E-state index contributed by atoms with van der Waals surface area (Å²) < 4.78 is 14.3. The van der Waals surface area contributed by atoms with Gasteiger partial charge in [-0.25, -0.2) is 9.59 Å². The van der Waals surface area contributed by atoms with Gasteiger partial charge in [0.25, 0.3) is 0 Å². The van der Waals surface area contributed by atoms with Crippen molar-refractivity contribution in [3.63, 3.8) is 0 Å². The third-order valence-electron chi connectivity index (χ3n) is 13.5. The van der Waals surface area contributed by atoms with E-state index in [0.29, 0.717) is 55.2 Å². The molecular weight excluding hydrogens is 811 g/mol. The number of hydrogen-bond acceptors (Lipinski definition) is 8. The number of H-pyrrole nitrogens is 1. The molecule has 3 saturated heterocycles. The Bertz CT molecular complexity index is 2740. The number of piperidine rings is 3. The van der Waals surface area contributed by atoms with Crippen molar-refractivity contribution in [2.45, 2.75) is 83.3 Å². The summed E-state index contributed by atoms with van der Waals surface area (Å²) >= 11 is 0. The largest absolute Gasteiger partial charge is 0.506 e. The Morgan fingerprint density at radius 3 is 2.51 bits per heavy atom. The van der Waals surface area contributed by atoms with Gasteiger partial charge in [-0.05, 0) is 122 Å². The van der Waals surface area contributed by atoms with Crippen molar-refractivity contribution >= 4 is 48.2 Å². The number of nitrogens with one attached hydrogen (secondary N) is 2. The van der Waals surface area contributed by atoms with Gasteiger partial charge in [0.1, 0.15) is 5.75 Å². The topological polar surface area (TPSA) is 153 Å². The number of aromatic hydroxyl groups is 1. The van der Waals surface area contributed by atoms with Crippen LogP contribution >= 0.6 is 0 Å². The number of allylic oxidation sites excluding steroid dienone is 1. The highest BCUT2D eigenvalue weighted by atomic mass is 28.4. The Morgan fingerprint density at radius 2 is 1.79 bits per heavy atom. The number of rotatable bonds is 15. The first-order valence-electron chi connectivity index (χ1n) is 22.1. The second-order valence-electron chi connectivity index (χ2n) is 18.6. The number of aromatic nitrogens is 2. The van der Waals surface area contributed by atoms with E-state index < -0.39 is 20.2 Å². The number of pyridine rings is 1. The van der Waals surface area contributed by atoms with Crippen molar-refractivity contribution in [2.24, 2.45) is 5.92 Å². The van der Waals surface area contributed by atoms with Gasteiger partial charge in [0, 0.05) is 36.7 Å². The number of benzene rings is 4. The van der Waals surface area contributed by atoms with E-state index in [9.17, 15) is 24.6 Å². The van der Waals surface area contributed by atoms with Crippen LogP contribution in [-0.4, -0.2) is 77.8 Å². The highest BCUT2D eigenvalue weighted by Crippen LogP contribution is 2.42. The zero-order chi connectivity index (χ0) is 44.5. The molecule has 3 aliphatic heterocycles. The third-order valence-corrected chi connectivity index (χ3v) is 18.0. The number of oxazole rings is 1. The molecule has 3 fully saturated rings. The fourth-order valence-electron chi connectivity index (χ4n) is 9.02. The summed E-state index contributed by atoms with van der Waals surface area (Å²) in [6.07, 6.45) is 6.05. The molecule has 0 unspecified atom stereocenters. The van der Waals surface area contributed by atoms with Gasteiger partial charge in [0.15, 0.2) is 13.9 Å². The summed E-state index contributed by atoms with van der Waals surface area (Å²) in [4.78, 5) is 45.0. The van der Waals surface area contributed by atoms with Crippen LogP contribution in [0, 0.1) is 5.92 Å². The van der Waals surface area contributed by atoms with Crippen molar-refractivity contribution < 1.29 is 23.9 Å². The lowest BCUT2D eigenvalue weighted by atomic mass is 9.82.